The Kier molecular flexibility index (Phi) is 6.48. The summed E-state index contributed by atoms with van der Waals surface area (Å²) >= 11 is 6.23. The van der Waals surface area contributed by atoms with Crippen LogP contribution in [-0.2, 0) is 23.5 Å². The molecule has 176 valence electrons. The number of nitrogens with one attached hydrogen (secondary N) is 1. The van der Waals surface area contributed by atoms with Gasteiger partial charge in [0.05, 0.1) is 23.1 Å². The number of aromatic nitrogens is 2. The minimum atomic E-state index is -4.05. The van der Waals surface area contributed by atoms with Crippen LogP contribution in [0.25, 0.3) is 0 Å². The number of aryl methyl sites for hydroxylation is 2. The second kappa shape index (κ2) is 9.04. The first-order valence-electron chi connectivity index (χ1n) is 10.6. The lowest BCUT2D eigenvalue weighted by molar-refractivity contribution is 0.561. The molecule has 2 heterocycles. The van der Waals surface area contributed by atoms with E-state index < -0.39 is 21.7 Å². The molecule has 1 atom stereocenters. The van der Waals surface area contributed by atoms with Crippen LogP contribution in [0.3, 0.4) is 0 Å². The van der Waals surface area contributed by atoms with Crippen LogP contribution in [0.5, 0.6) is 0 Å². The molecule has 2 aromatic carbocycles. The first kappa shape index (κ1) is 23.7. The van der Waals surface area contributed by atoms with Gasteiger partial charge < -0.3 is 5.32 Å². The second-order valence-corrected chi connectivity index (χ2v) is 10.4. The Morgan fingerprint density at radius 2 is 1.91 bits per heavy atom. The predicted octanol–water partition coefficient (Wildman–Crippen LogP) is 4.12. The van der Waals surface area contributed by atoms with Crippen molar-refractivity contribution >= 4 is 27.3 Å². The SMILES string of the molecule is Cc1nn(C)c(C)c1S(=O)(=O)N(c1ccc(Cl)cc1Cc1c(F)cccc1F)[C@H]1CCNC1. The Labute approximate surface area is 197 Å². The lowest BCUT2D eigenvalue weighted by Gasteiger charge is -2.32. The molecule has 1 aromatic heterocycles. The third-order valence-electron chi connectivity index (χ3n) is 6.03. The zero-order chi connectivity index (χ0) is 23.9. The van der Waals surface area contributed by atoms with Crippen molar-refractivity contribution in [3.63, 3.8) is 0 Å². The molecule has 1 fully saturated rings. The smallest absolute Gasteiger partial charge is 0.268 e. The fourth-order valence-corrected chi connectivity index (χ4v) is 6.71. The molecule has 10 heteroatoms. The number of halogens is 3. The van der Waals surface area contributed by atoms with E-state index in [0.717, 1.165) is 0 Å². The lowest BCUT2D eigenvalue weighted by atomic mass is 10.0. The summed E-state index contributed by atoms with van der Waals surface area (Å²) in [5.41, 5.74) is 1.52. The summed E-state index contributed by atoms with van der Waals surface area (Å²) in [7, 11) is -2.35. The Hall–Kier alpha value is -2.49. The maximum absolute atomic E-state index is 14.5. The summed E-state index contributed by atoms with van der Waals surface area (Å²) in [6.45, 7) is 4.47. The molecule has 1 saturated heterocycles. The average molecular weight is 495 g/mol. The monoisotopic (exact) mass is 494 g/mol. The minimum absolute atomic E-state index is 0.134. The topological polar surface area (TPSA) is 67.2 Å². The van der Waals surface area contributed by atoms with Crippen molar-refractivity contribution < 1.29 is 17.2 Å². The maximum atomic E-state index is 14.5. The van der Waals surface area contributed by atoms with Gasteiger partial charge in [0, 0.05) is 30.6 Å². The number of sulfonamides is 1. The molecule has 6 nitrogen and oxygen atoms in total. The number of hydrogen-bond donors (Lipinski definition) is 1. The first-order valence-corrected chi connectivity index (χ1v) is 12.4. The molecule has 0 saturated carbocycles. The van der Waals surface area contributed by atoms with Gasteiger partial charge >= 0.3 is 0 Å². The molecule has 0 bridgehead atoms. The molecular formula is C23H25ClF2N4O2S. The quantitative estimate of drug-likeness (QED) is 0.560. The van der Waals surface area contributed by atoms with Crippen LogP contribution in [-0.4, -0.2) is 37.3 Å². The van der Waals surface area contributed by atoms with Crippen LogP contribution in [0.2, 0.25) is 5.02 Å². The highest BCUT2D eigenvalue weighted by Crippen LogP contribution is 2.36. The molecule has 0 aliphatic carbocycles. The summed E-state index contributed by atoms with van der Waals surface area (Å²) in [5, 5.41) is 7.84. The van der Waals surface area contributed by atoms with E-state index in [9.17, 15) is 17.2 Å². The number of benzene rings is 2. The van der Waals surface area contributed by atoms with E-state index >= 15 is 0 Å². The van der Waals surface area contributed by atoms with E-state index in [1.165, 1.54) is 27.2 Å². The zero-order valence-electron chi connectivity index (χ0n) is 18.6. The maximum Gasteiger partial charge on any atom is 0.268 e. The largest absolute Gasteiger partial charge is 0.315 e. The first-order chi connectivity index (χ1) is 15.6. The van der Waals surface area contributed by atoms with Gasteiger partial charge in [-0.2, -0.15) is 5.10 Å². The van der Waals surface area contributed by atoms with Crippen LogP contribution in [0.1, 0.15) is 28.9 Å². The predicted molar refractivity (Wildman–Crippen MR) is 124 cm³/mol. The van der Waals surface area contributed by atoms with Gasteiger partial charge in [-0.1, -0.05) is 17.7 Å². The minimum Gasteiger partial charge on any atom is -0.315 e. The Balaban J connectivity index is 1.91. The molecule has 33 heavy (non-hydrogen) atoms. The van der Waals surface area contributed by atoms with Crippen LogP contribution in [0.15, 0.2) is 41.3 Å². The lowest BCUT2D eigenvalue weighted by Crippen LogP contribution is -2.42. The second-order valence-electron chi connectivity index (χ2n) is 8.22. The van der Waals surface area contributed by atoms with Crippen LogP contribution in [0.4, 0.5) is 14.5 Å². The van der Waals surface area contributed by atoms with Gasteiger partial charge in [-0.05, 0) is 62.7 Å². The van der Waals surface area contributed by atoms with Gasteiger partial charge in [0.15, 0.2) is 0 Å². The van der Waals surface area contributed by atoms with Crippen molar-refractivity contribution in [2.75, 3.05) is 17.4 Å². The van der Waals surface area contributed by atoms with E-state index in [0.29, 0.717) is 47.2 Å². The highest BCUT2D eigenvalue weighted by Gasteiger charge is 2.38. The Morgan fingerprint density at radius 3 is 2.48 bits per heavy atom. The third kappa shape index (κ3) is 4.37. The average Bonchev–Trinajstić information content (AvgIpc) is 3.34. The summed E-state index contributed by atoms with van der Waals surface area (Å²) in [5.74, 6) is -1.39. The van der Waals surface area contributed by atoms with Gasteiger partial charge in [-0.3, -0.25) is 8.99 Å². The highest BCUT2D eigenvalue weighted by molar-refractivity contribution is 7.93. The fraction of sp³-hybridized carbons (Fsp3) is 0.348. The molecule has 0 unspecified atom stereocenters. The standard InChI is InChI=1S/C23H25ClF2N4O2S/c1-14-23(15(2)29(3)28-14)33(31,32)30(18-9-10-27-13-18)22-8-7-17(24)11-16(22)12-19-20(25)5-4-6-21(19)26/h4-8,11,18,27H,9-10,12-13H2,1-3H3/t18-/m0/s1. The van der Waals surface area contributed by atoms with Gasteiger partial charge in [-0.25, -0.2) is 17.2 Å². The van der Waals surface area contributed by atoms with Crippen LogP contribution in [0, 0.1) is 25.5 Å². The molecular weight excluding hydrogens is 470 g/mol. The molecule has 4 rings (SSSR count). The van der Waals surface area contributed by atoms with Crippen molar-refractivity contribution in [1.29, 1.82) is 0 Å². The number of rotatable bonds is 6. The van der Waals surface area contributed by atoms with Crippen LogP contribution < -0.4 is 9.62 Å². The van der Waals surface area contributed by atoms with Crippen LogP contribution >= 0.6 is 11.6 Å². The Bertz CT molecular complexity index is 1280. The molecule has 0 radical (unpaired) electrons. The van der Waals surface area contributed by atoms with E-state index in [1.807, 2.05) is 0 Å². The highest BCUT2D eigenvalue weighted by atomic mass is 35.5. The van der Waals surface area contributed by atoms with Crippen molar-refractivity contribution in [3.05, 3.63) is 75.6 Å². The summed E-state index contributed by atoms with van der Waals surface area (Å²) in [6.07, 6.45) is 0.444. The van der Waals surface area contributed by atoms with Crippen molar-refractivity contribution in [2.24, 2.45) is 7.05 Å². The number of anilines is 1. The molecule has 1 N–H and O–H groups in total. The fourth-order valence-electron chi connectivity index (χ4n) is 4.39. The molecule has 0 amide bonds. The van der Waals surface area contributed by atoms with Crippen molar-refractivity contribution in [3.8, 4) is 0 Å². The zero-order valence-corrected chi connectivity index (χ0v) is 20.1. The number of hydrogen-bond acceptors (Lipinski definition) is 4. The molecule has 0 spiro atoms. The van der Waals surface area contributed by atoms with Gasteiger partial charge in [0.1, 0.15) is 16.5 Å². The van der Waals surface area contributed by atoms with E-state index in [-0.39, 0.29) is 22.9 Å². The summed E-state index contributed by atoms with van der Waals surface area (Å²) < 4.78 is 59.9. The van der Waals surface area contributed by atoms with Gasteiger partial charge in [-0.15, -0.1) is 0 Å². The normalized spacial score (nSPS) is 16.4. The van der Waals surface area contributed by atoms with Gasteiger partial charge in [0.2, 0.25) is 0 Å². The molecule has 1 aliphatic heterocycles. The summed E-state index contributed by atoms with van der Waals surface area (Å²) in [6, 6.07) is 8.04. The van der Waals surface area contributed by atoms with Crippen molar-refractivity contribution in [1.82, 2.24) is 15.1 Å². The molecule has 1 aliphatic rings. The molecule has 3 aromatic rings. The Morgan fingerprint density at radius 1 is 1.21 bits per heavy atom. The van der Waals surface area contributed by atoms with Crippen molar-refractivity contribution in [2.45, 2.75) is 37.6 Å². The summed E-state index contributed by atoms with van der Waals surface area (Å²) in [4.78, 5) is 0.134. The van der Waals surface area contributed by atoms with E-state index in [4.69, 9.17) is 11.6 Å². The van der Waals surface area contributed by atoms with E-state index in [2.05, 4.69) is 10.4 Å². The third-order valence-corrected chi connectivity index (χ3v) is 8.39. The number of nitrogens with zero attached hydrogens (tertiary/aromatic N) is 3. The van der Waals surface area contributed by atoms with E-state index in [1.54, 1.807) is 39.1 Å². The van der Waals surface area contributed by atoms with Gasteiger partial charge in [0.25, 0.3) is 10.0 Å².